The summed E-state index contributed by atoms with van der Waals surface area (Å²) in [6.07, 6.45) is 2.60. The van der Waals surface area contributed by atoms with Crippen molar-refractivity contribution in [2.75, 3.05) is 24.1 Å². The number of nitrogen functional groups attached to an aromatic ring is 1. The predicted octanol–water partition coefficient (Wildman–Crippen LogP) is 2.57. The van der Waals surface area contributed by atoms with Crippen LogP contribution in [0.1, 0.15) is 20.8 Å². The Morgan fingerprint density at radius 3 is 2.48 bits per heavy atom. The molecule has 10 heteroatoms. The zero-order valence-corrected chi connectivity index (χ0v) is 15.4. The summed E-state index contributed by atoms with van der Waals surface area (Å²) in [5.41, 5.74) is 6.19. The van der Waals surface area contributed by atoms with Crippen LogP contribution in [-0.2, 0) is 4.74 Å². The molecule has 0 atom stereocenters. The van der Waals surface area contributed by atoms with Crippen molar-refractivity contribution in [3.8, 4) is 11.1 Å². The van der Waals surface area contributed by atoms with Crippen LogP contribution in [0.25, 0.3) is 11.1 Å². The van der Waals surface area contributed by atoms with E-state index in [2.05, 4.69) is 20.6 Å². The maximum absolute atomic E-state index is 11.5. The average Bonchev–Trinajstić information content (AvgIpc) is 2.58. The number of nitro benzene ring substituents is 1. The Labute approximate surface area is 156 Å². The lowest BCUT2D eigenvalue weighted by atomic mass is 10.1. The van der Waals surface area contributed by atoms with Gasteiger partial charge in [0.1, 0.15) is 11.3 Å². The molecule has 0 aliphatic rings. The van der Waals surface area contributed by atoms with Crippen LogP contribution in [0.15, 0.2) is 30.6 Å². The molecule has 0 radical (unpaired) electrons. The Morgan fingerprint density at radius 1 is 1.22 bits per heavy atom. The smallest absolute Gasteiger partial charge is 0.407 e. The van der Waals surface area contributed by atoms with E-state index in [0.717, 1.165) is 0 Å². The van der Waals surface area contributed by atoms with Gasteiger partial charge in [-0.15, -0.1) is 0 Å². The minimum atomic E-state index is -0.548. The lowest BCUT2D eigenvalue weighted by Crippen LogP contribution is -2.35. The number of nitrogens with zero attached hydrogens (tertiary/aromatic N) is 3. The molecule has 0 aliphatic heterocycles. The number of amides is 1. The third kappa shape index (κ3) is 6.10. The molecule has 0 spiro atoms. The van der Waals surface area contributed by atoms with Crippen molar-refractivity contribution in [3.05, 3.63) is 40.7 Å². The van der Waals surface area contributed by atoms with Gasteiger partial charge in [-0.25, -0.2) is 14.8 Å². The van der Waals surface area contributed by atoms with Crippen LogP contribution < -0.4 is 16.4 Å². The number of benzene rings is 1. The number of nitro groups is 1. The van der Waals surface area contributed by atoms with Gasteiger partial charge in [0, 0.05) is 37.1 Å². The Hall–Kier alpha value is -3.43. The number of ether oxygens (including phenoxy) is 1. The molecule has 0 saturated carbocycles. The van der Waals surface area contributed by atoms with Crippen LogP contribution in [0.2, 0.25) is 0 Å². The van der Waals surface area contributed by atoms with Gasteiger partial charge in [-0.2, -0.15) is 0 Å². The number of hydrogen-bond acceptors (Lipinski definition) is 8. The van der Waals surface area contributed by atoms with Crippen molar-refractivity contribution >= 4 is 23.4 Å². The SMILES string of the molecule is CC(C)(C)OC(=O)NCCNc1ncc(-c2ccc(N)c([N+](=O)[O-])c2)cn1. The van der Waals surface area contributed by atoms with Crippen molar-refractivity contribution in [1.82, 2.24) is 15.3 Å². The number of anilines is 2. The Morgan fingerprint density at radius 2 is 1.89 bits per heavy atom. The van der Waals surface area contributed by atoms with Crippen molar-refractivity contribution in [3.63, 3.8) is 0 Å². The molecule has 1 aromatic heterocycles. The molecule has 144 valence electrons. The largest absolute Gasteiger partial charge is 0.444 e. The van der Waals surface area contributed by atoms with E-state index in [0.29, 0.717) is 30.2 Å². The molecular formula is C17H22N6O4. The summed E-state index contributed by atoms with van der Waals surface area (Å²) in [5.74, 6) is 0.370. The number of aromatic nitrogens is 2. The van der Waals surface area contributed by atoms with Crippen molar-refractivity contribution in [2.45, 2.75) is 26.4 Å². The number of carbonyl (C=O) groups is 1. The minimum absolute atomic E-state index is 0.0976. The van der Waals surface area contributed by atoms with E-state index in [-0.39, 0.29) is 11.4 Å². The molecule has 1 amide bonds. The highest BCUT2D eigenvalue weighted by Crippen LogP contribution is 2.28. The van der Waals surface area contributed by atoms with Crippen LogP contribution >= 0.6 is 0 Å². The van der Waals surface area contributed by atoms with E-state index >= 15 is 0 Å². The summed E-state index contributed by atoms with van der Waals surface area (Å²) in [6, 6.07) is 4.52. The molecule has 0 fully saturated rings. The minimum Gasteiger partial charge on any atom is -0.444 e. The monoisotopic (exact) mass is 374 g/mol. The molecule has 4 N–H and O–H groups in total. The van der Waals surface area contributed by atoms with Gasteiger partial charge in [0.15, 0.2) is 0 Å². The number of carbonyl (C=O) groups excluding carboxylic acids is 1. The molecule has 2 aromatic rings. The van der Waals surface area contributed by atoms with Crippen LogP contribution in [0.4, 0.5) is 22.1 Å². The quantitative estimate of drug-likeness (QED) is 0.303. The molecule has 2 rings (SSSR count). The van der Waals surface area contributed by atoms with E-state index in [9.17, 15) is 14.9 Å². The number of nitrogens with one attached hydrogen (secondary N) is 2. The molecule has 10 nitrogen and oxygen atoms in total. The Balaban J connectivity index is 1.90. The van der Waals surface area contributed by atoms with Gasteiger partial charge in [-0.1, -0.05) is 6.07 Å². The normalized spacial score (nSPS) is 10.9. The van der Waals surface area contributed by atoms with Gasteiger partial charge >= 0.3 is 6.09 Å². The lowest BCUT2D eigenvalue weighted by Gasteiger charge is -2.19. The lowest BCUT2D eigenvalue weighted by molar-refractivity contribution is -0.383. The third-order valence-electron chi connectivity index (χ3n) is 3.29. The highest BCUT2D eigenvalue weighted by atomic mass is 16.6. The van der Waals surface area contributed by atoms with Crippen LogP contribution in [-0.4, -0.2) is 39.7 Å². The molecule has 1 heterocycles. The molecule has 0 bridgehead atoms. The summed E-state index contributed by atoms with van der Waals surface area (Å²) in [4.78, 5) is 30.3. The van der Waals surface area contributed by atoms with Gasteiger partial charge in [0.05, 0.1) is 4.92 Å². The van der Waals surface area contributed by atoms with Gasteiger partial charge in [-0.3, -0.25) is 10.1 Å². The molecule has 1 aromatic carbocycles. The fourth-order valence-corrected chi connectivity index (χ4v) is 2.10. The van der Waals surface area contributed by atoms with Crippen LogP contribution in [0.3, 0.4) is 0 Å². The summed E-state index contributed by atoms with van der Waals surface area (Å²) in [5, 5.41) is 16.5. The van der Waals surface area contributed by atoms with Crippen LogP contribution in [0, 0.1) is 10.1 Å². The average molecular weight is 374 g/mol. The number of nitrogens with two attached hydrogens (primary N) is 1. The highest BCUT2D eigenvalue weighted by Gasteiger charge is 2.15. The zero-order valence-electron chi connectivity index (χ0n) is 15.4. The zero-order chi connectivity index (χ0) is 20.0. The highest BCUT2D eigenvalue weighted by molar-refractivity contribution is 5.71. The number of rotatable bonds is 6. The Bertz CT molecular complexity index is 817. The summed E-state index contributed by atoms with van der Waals surface area (Å²) in [6.45, 7) is 6.11. The van der Waals surface area contributed by atoms with E-state index in [1.54, 1.807) is 39.2 Å². The molecule has 0 aliphatic carbocycles. The van der Waals surface area contributed by atoms with E-state index in [4.69, 9.17) is 10.5 Å². The predicted molar refractivity (Wildman–Crippen MR) is 101 cm³/mol. The first kappa shape index (κ1) is 19.9. The van der Waals surface area contributed by atoms with E-state index in [1.165, 1.54) is 12.1 Å². The summed E-state index contributed by atoms with van der Waals surface area (Å²) in [7, 11) is 0. The molecule has 0 unspecified atom stereocenters. The first-order valence-electron chi connectivity index (χ1n) is 8.23. The third-order valence-corrected chi connectivity index (χ3v) is 3.29. The van der Waals surface area contributed by atoms with E-state index < -0.39 is 16.6 Å². The number of hydrogen-bond donors (Lipinski definition) is 3. The maximum atomic E-state index is 11.5. The topological polar surface area (TPSA) is 145 Å². The maximum Gasteiger partial charge on any atom is 0.407 e. The standard InChI is InChI=1S/C17H22N6O4/c1-17(2,3)27-16(24)20-7-6-19-15-21-9-12(10-22-15)11-4-5-13(18)14(8-11)23(25)26/h4-5,8-10H,6-7,18H2,1-3H3,(H,20,24)(H,19,21,22). The second kappa shape index (κ2) is 8.30. The first-order chi connectivity index (χ1) is 12.7. The van der Waals surface area contributed by atoms with E-state index in [1.807, 2.05) is 0 Å². The van der Waals surface area contributed by atoms with Crippen molar-refractivity contribution < 1.29 is 14.5 Å². The summed E-state index contributed by atoms with van der Waals surface area (Å²) < 4.78 is 5.12. The van der Waals surface area contributed by atoms with Gasteiger partial charge in [-0.05, 0) is 32.4 Å². The summed E-state index contributed by atoms with van der Waals surface area (Å²) >= 11 is 0. The fourth-order valence-electron chi connectivity index (χ4n) is 2.10. The number of alkyl carbamates (subject to hydrolysis) is 1. The second-order valence-corrected chi connectivity index (χ2v) is 6.68. The van der Waals surface area contributed by atoms with Crippen molar-refractivity contribution in [1.29, 1.82) is 0 Å². The molecule has 27 heavy (non-hydrogen) atoms. The fraction of sp³-hybridized carbons (Fsp3) is 0.353. The Kier molecular flexibility index (Phi) is 6.11. The van der Waals surface area contributed by atoms with Crippen LogP contribution in [0.5, 0.6) is 0 Å². The molecule has 0 saturated heterocycles. The first-order valence-corrected chi connectivity index (χ1v) is 8.23. The van der Waals surface area contributed by atoms with Gasteiger partial charge in [0.25, 0.3) is 5.69 Å². The van der Waals surface area contributed by atoms with Crippen molar-refractivity contribution in [2.24, 2.45) is 0 Å². The second-order valence-electron chi connectivity index (χ2n) is 6.68. The van der Waals surface area contributed by atoms with Gasteiger partial charge in [0.2, 0.25) is 5.95 Å². The molecular weight excluding hydrogens is 352 g/mol. The van der Waals surface area contributed by atoms with Gasteiger partial charge < -0.3 is 21.1 Å².